The van der Waals surface area contributed by atoms with Crippen molar-refractivity contribution in [3.63, 3.8) is 0 Å². The molecule has 0 fully saturated rings. The third kappa shape index (κ3) is 7.75. The van der Waals surface area contributed by atoms with Crippen LogP contribution in [0.25, 0.3) is 0 Å². The molecule has 0 rings (SSSR count). The van der Waals surface area contributed by atoms with Crippen LogP contribution in [-0.4, -0.2) is 5.60 Å². The summed E-state index contributed by atoms with van der Waals surface area (Å²) >= 11 is 0. The van der Waals surface area contributed by atoms with Crippen LogP contribution >= 0.6 is 0 Å². The molecular weight excluding hydrogens is 166 g/mol. The van der Waals surface area contributed by atoms with Gasteiger partial charge < -0.3 is 4.84 Å². The molecule has 0 N–H and O–H groups in total. The summed E-state index contributed by atoms with van der Waals surface area (Å²) in [4.78, 5) is 14.6. The van der Waals surface area contributed by atoms with Gasteiger partial charge in [-0.1, -0.05) is 32.6 Å². The zero-order valence-corrected chi connectivity index (χ0v) is 9.01. The van der Waals surface area contributed by atoms with Crippen molar-refractivity contribution < 1.29 is 4.84 Å². The van der Waals surface area contributed by atoms with Crippen LogP contribution in [0.15, 0.2) is 5.34 Å². The number of unbranched alkanes of at least 4 members (excludes halogenated alkanes) is 4. The fraction of sp³-hybridized carbons (Fsp3) is 1.00. The lowest BCUT2D eigenvalue weighted by Gasteiger charge is -2.19. The number of nitrogens with zero attached hydrogens (tertiary/aromatic N) is 1. The Morgan fingerprint density at radius 2 is 1.77 bits per heavy atom. The van der Waals surface area contributed by atoms with Crippen molar-refractivity contribution in [3.8, 4) is 0 Å². The van der Waals surface area contributed by atoms with Crippen LogP contribution in [0, 0.1) is 4.91 Å². The molecule has 0 atom stereocenters. The first kappa shape index (κ1) is 12.4. The summed E-state index contributed by atoms with van der Waals surface area (Å²) in [6.45, 7) is 5.99. The standard InChI is InChI=1S/C10H21NO2/c1-4-5-6-7-8-9-10(2,3)13-11-12/h4-9H2,1-3H3. The molecule has 0 aliphatic carbocycles. The molecule has 0 radical (unpaired) electrons. The summed E-state index contributed by atoms with van der Waals surface area (Å²) in [5.74, 6) is 0. The van der Waals surface area contributed by atoms with E-state index in [1.165, 1.54) is 25.7 Å². The summed E-state index contributed by atoms with van der Waals surface area (Å²) in [6, 6.07) is 0. The van der Waals surface area contributed by atoms with E-state index in [4.69, 9.17) is 4.84 Å². The highest BCUT2D eigenvalue weighted by Gasteiger charge is 2.19. The fourth-order valence-electron chi connectivity index (χ4n) is 1.30. The molecule has 0 spiro atoms. The smallest absolute Gasteiger partial charge is 0.155 e. The first-order valence-electron chi connectivity index (χ1n) is 5.13. The molecule has 0 saturated carbocycles. The Morgan fingerprint density at radius 1 is 1.15 bits per heavy atom. The topological polar surface area (TPSA) is 38.7 Å². The van der Waals surface area contributed by atoms with Crippen LogP contribution in [0.2, 0.25) is 0 Å². The minimum atomic E-state index is -0.381. The minimum absolute atomic E-state index is 0.381. The predicted octanol–water partition coefficient (Wildman–Crippen LogP) is 3.82. The second-order valence-electron chi connectivity index (χ2n) is 4.09. The zero-order valence-electron chi connectivity index (χ0n) is 9.01. The summed E-state index contributed by atoms with van der Waals surface area (Å²) in [6.07, 6.45) is 7.08. The van der Waals surface area contributed by atoms with Crippen molar-refractivity contribution in [2.45, 2.75) is 64.9 Å². The van der Waals surface area contributed by atoms with Crippen LogP contribution in [-0.2, 0) is 4.84 Å². The molecule has 3 nitrogen and oxygen atoms in total. The second-order valence-corrected chi connectivity index (χ2v) is 4.09. The van der Waals surface area contributed by atoms with Gasteiger partial charge in [0.25, 0.3) is 0 Å². The minimum Gasteiger partial charge on any atom is -0.358 e. The quantitative estimate of drug-likeness (QED) is 0.329. The molecule has 0 aliphatic heterocycles. The van der Waals surface area contributed by atoms with Gasteiger partial charge in [-0.15, -0.1) is 4.91 Å². The zero-order chi connectivity index (χ0) is 10.2. The van der Waals surface area contributed by atoms with Crippen LogP contribution in [0.3, 0.4) is 0 Å². The summed E-state index contributed by atoms with van der Waals surface area (Å²) < 4.78 is 0. The average Bonchev–Trinajstić information content (AvgIpc) is 2.04. The highest BCUT2D eigenvalue weighted by molar-refractivity contribution is 4.67. The number of hydrogen-bond acceptors (Lipinski definition) is 3. The van der Waals surface area contributed by atoms with Gasteiger partial charge in [-0.25, -0.2) is 0 Å². The van der Waals surface area contributed by atoms with Crippen LogP contribution < -0.4 is 0 Å². The van der Waals surface area contributed by atoms with E-state index in [0.29, 0.717) is 0 Å². The first-order valence-corrected chi connectivity index (χ1v) is 5.13. The molecule has 0 aliphatic rings. The van der Waals surface area contributed by atoms with E-state index in [0.717, 1.165) is 12.8 Å². The monoisotopic (exact) mass is 187 g/mol. The van der Waals surface area contributed by atoms with E-state index in [1.54, 1.807) is 0 Å². The molecule has 3 heteroatoms. The average molecular weight is 187 g/mol. The molecule has 78 valence electrons. The van der Waals surface area contributed by atoms with E-state index >= 15 is 0 Å². The van der Waals surface area contributed by atoms with Gasteiger partial charge in [0.2, 0.25) is 0 Å². The molecule has 13 heavy (non-hydrogen) atoms. The molecule has 0 aromatic rings. The summed E-state index contributed by atoms with van der Waals surface area (Å²) in [7, 11) is 0. The number of rotatable bonds is 8. The van der Waals surface area contributed by atoms with Gasteiger partial charge in [0.15, 0.2) is 5.34 Å². The molecule has 0 heterocycles. The molecule has 0 aromatic carbocycles. The van der Waals surface area contributed by atoms with Crippen molar-refractivity contribution in [2.24, 2.45) is 5.34 Å². The summed E-state index contributed by atoms with van der Waals surface area (Å²) in [5, 5.41) is 2.47. The van der Waals surface area contributed by atoms with E-state index < -0.39 is 0 Å². The van der Waals surface area contributed by atoms with E-state index in [2.05, 4.69) is 12.3 Å². The van der Waals surface area contributed by atoms with E-state index in [-0.39, 0.29) is 5.60 Å². The Morgan fingerprint density at radius 3 is 2.31 bits per heavy atom. The lowest BCUT2D eigenvalue weighted by molar-refractivity contribution is -0.0250. The van der Waals surface area contributed by atoms with Crippen LogP contribution in [0.4, 0.5) is 0 Å². The van der Waals surface area contributed by atoms with Gasteiger partial charge in [0.1, 0.15) is 5.60 Å². The Balaban J connectivity index is 3.34. The van der Waals surface area contributed by atoms with Crippen LogP contribution in [0.1, 0.15) is 59.3 Å². The van der Waals surface area contributed by atoms with Crippen molar-refractivity contribution in [1.29, 1.82) is 0 Å². The van der Waals surface area contributed by atoms with Gasteiger partial charge >= 0.3 is 0 Å². The predicted molar refractivity (Wildman–Crippen MR) is 54.3 cm³/mol. The molecule has 0 aromatic heterocycles. The Kier molecular flexibility index (Phi) is 6.55. The highest BCUT2D eigenvalue weighted by Crippen LogP contribution is 2.19. The SMILES string of the molecule is CCCCCCCC(C)(C)ON=O. The number of hydrogen-bond donors (Lipinski definition) is 0. The molecule has 0 amide bonds. The van der Waals surface area contributed by atoms with E-state index in [1.807, 2.05) is 13.8 Å². The lowest BCUT2D eigenvalue weighted by atomic mass is 10.00. The van der Waals surface area contributed by atoms with Crippen molar-refractivity contribution >= 4 is 0 Å². The van der Waals surface area contributed by atoms with Crippen molar-refractivity contribution in [1.82, 2.24) is 0 Å². The second kappa shape index (κ2) is 6.87. The maximum atomic E-state index is 9.88. The van der Waals surface area contributed by atoms with Crippen molar-refractivity contribution in [3.05, 3.63) is 4.91 Å². The summed E-state index contributed by atoms with van der Waals surface area (Å²) in [5.41, 5.74) is -0.381. The third-order valence-electron chi connectivity index (χ3n) is 2.17. The molecule has 0 saturated heterocycles. The maximum Gasteiger partial charge on any atom is 0.155 e. The first-order chi connectivity index (χ1) is 6.12. The molecule has 0 bridgehead atoms. The fourth-order valence-corrected chi connectivity index (χ4v) is 1.30. The molecule has 0 unspecified atom stereocenters. The van der Waals surface area contributed by atoms with Gasteiger partial charge in [-0.05, 0) is 26.7 Å². The normalized spacial score (nSPS) is 11.3. The Bertz CT molecular complexity index is 135. The highest BCUT2D eigenvalue weighted by atomic mass is 16.7. The van der Waals surface area contributed by atoms with Gasteiger partial charge in [-0.3, -0.25) is 0 Å². The van der Waals surface area contributed by atoms with Crippen molar-refractivity contribution in [2.75, 3.05) is 0 Å². The largest absolute Gasteiger partial charge is 0.358 e. The Labute approximate surface area is 80.8 Å². The van der Waals surface area contributed by atoms with Gasteiger partial charge in [0.05, 0.1) is 0 Å². The van der Waals surface area contributed by atoms with Crippen LogP contribution in [0.5, 0.6) is 0 Å². The maximum absolute atomic E-state index is 9.88. The Hall–Kier alpha value is -0.600. The van der Waals surface area contributed by atoms with Gasteiger partial charge in [0, 0.05) is 0 Å². The van der Waals surface area contributed by atoms with Gasteiger partial charge in [-0.2, -0.15) is 0 Å². The molecular formula is C10H21NO2. The third-order valence-corrected chi connectivity index (χ3v) is 2.17. The lowest BCUT2D eigenvalue weighted by Crippen LogP contribution is -2.21. The van der Waals surface area contributed by atoms with E-state index in [9.17, 15) is 4.91 Å².